The molecule has 4 nitrogen and oxygen atoms in total. The average molecular weight is 170 g/mol. The number of unbranched alkanes of at least 4 members (excludes halogenated alkanes) is 1. The van der Waals surface area contributed by atoms with E-state index in [2.05, 4.69) is 17.6 Å². The molecule has 0 radical (unpaired) electrons. The smallest absolute Gasteiger partial charge is 0.322 e. The van der Waals surface area contributed by atoms with Crippen LogP contribution in [0.1, 0.15) is 33.1 Å². The number of carbonyl (C=O) groups excluding carboxylic acids is 2. The van der Waals surface area contributed by atoms with Crippen LogP contribution in [-0.2, 0) is 4.79 Å². The molecule has 1 atom stereocenters. The quantitative estimate of drug-likeness (QED) is 0.615. The molecule has 12 heavy (non-hydrogen) atoms. The van der Waals surface area contributed by atoms with Gasteiger partial charge in [-0.05, 0) is 13.3 Å². The van der Waals surface area contributed by atoms with Crippen molar-refractivity contribution in [2.45, 2.75) is 38.6 Å². The first kappa shape index (κ1) is 9.03. The number of urea groups is 1. The van der Waals surface area contributed by atoms with Crippen LogP contribution in [0, 0.1) is 0 Å². The second kappa shape index (κ2) is 3.13. The van der Waals surface area contributed by atoms with E-state index in [0.29, 0.717) is 6.42 Å². The molecule has 0 aromatic rings. The number of nitrogens with one attached hydrogen (secondary N) is 2. The minimum absolute atomic E-state index is 0.207. The minimum Gasteiger partial charge on any atom is -0.324 e. The second-order valence-corrected chi connectivity index (χ2v) is 3.34. The van der Waals surface area contributed by atoms with Crippen LogP contribution >= 0.6 is 0 Å². The molecule has 4 heteroatoms. The first-order valence-corrected chi connectivity index (χ1v) is 4.22. The van der Waals surface area contributed by atoms with Crippen LogP contribution in [0.2, 0.25) is 0 Å². The average Bonchev–Trinajstić information content (AvgIpc) is 2.23. The molecule has 0 aromatic carbocycles. The van der Waals surface area contributed by atoms with E-state index in [0.717, 1.165) is 12.8 Å². The highest BCUT2D eigenvalue weighted by Gasteiger charge is 2.40. The summed E-state index contributed by atoms with van der Waals surface area (Å²) in [6, 6.07) is -0.376. The van der Waals surface area contributed by atoms with Crippen molar-refractivity contribution in [1.29, 1.82) is 0 Å². The molecule has 0 unspecified atom stereocenters. The van der Waals surface area contributed by atoms with Crippen molar-refractivity contribution in [1.82, 2.24) is 10.6 Å². The Labute approximate surface area is 71.7 Å². The van der Waals surface area contributed by atoms with E-state index in [9.17, 15) is 9.59 Å². The summed E-state index contributed by atoms with van der Waals surface area (Å²) in [5, 5.41) is 4.84. The van der Waals surface area contributed by atoms with Crippen molar-refractivity contribution >= 4 is 11.9 Å². The molecule has 1 fully saturated rings. The van der Waals surface area contributed by atoms with Crippen molar-refractivity contribution in [2.75, 3.05) is 0 Å². The molecule has 1 aliphatic rings. The van der Waals surface area contributed by atoms with Crippen molar-refractivity contribution in [2.24, 2.45) is 0 Å². The maximum atomic E-state index is 11.2. The van der Waals surface area contributed by atoms with Gasteiger partial charge in [0.2, 0.25) is 0 Å². The van der Waals surface area contributed by atoms with Gasteiger partial charge < -0.3 is 5.32 Å². The van der Waals surface area contributed by atoms with Gasteiger partial charge >= 0.3 is 6.03 Å². The summed E-state index contributed by atoms with van der Waals surface area (Å²) in [5.74, 6) is -0.207. The fraction of sp³-hybridized carbons (Fsp3) is 0.750. The second-order valence-electron chi connectivity index (χ2n) is 3.34. The Hall–Kier alpha value is -1.06. The van der Waals surface area contributed by atoms with Crippen molar-refractivity contribution in [3.8, 4) is 0 Å². The van der Waals surface area contributed by atoms with Gasteiger partial charge in [-0.2, -0.15) is 0 Å². The Morgan fingerprint density at radius 2 is 2.08 bits per heavy atom. The molecule has 0 aliphatic carbocycles. The number of amides is 3. The highest BCUT2D eigenvalue weighted by atomic mass is 16.2. The van der Waals surface area contributed by atoms with E-state index in [1.54, 1.807) is 6.92 Å². The topological polar surface area (TPSA) is 58.2 Å². The number of rotatable bonds is 3. The van der Waals surface area contributed by atoms with Gasteiger partial charge in [-0.15, -0.1) is 0 Å². The Morgan fingerprint density at radius 1 is 1.42 bits per heavy atom. The third-order valence-electron chi connectivity index (χ3n) is 2.15. The van der Waals surface area contributed by atoms with Crippen LogP contribution in [0.25, 0.3) is 0 Å². The summed E-state index contributed by atoms with van der Waals surface area (Å²) >= 11 is 0. The predicted octanol–water partition coefficient (Wildman–Crippen LogP) is 0.775. The molecule has 68 valence electrons. The van der Waals surface area contributed by atoms with Crippen molar-refractivity contribution < 1.29 is 9.59 Å². The third kappa shape index (κ3) is 1.57. The maximum absolute atomic E-state index is 11.2. The zero-order chi connectivity index (χ0) is 9.19. The lowest BCUT2D eigenvalue weighted by molar-refractivity contribution is -0.123. The molecular weight excluding hydrogens is 156 g/mol. The molecule has 0 bridgehead atoms. The van der Waals surface area contributed by atoms with Crippen molar-refractivity contribution in [3.05, 3.63) is 0 Å². The van der Waals surface area contributed by atoms with Gasteiger partial charge in [-0.25, -0.2) is 4.79 Å². The molecule has 0 saturated carbocycles. The largest absolute Gasteiger partial charge is 0.324 e. The number of hydrogen-bond acceptors (Lipinski definition) is 2. The summed E-state index contributed by atoms with van der Waals surface area (Å²) in [6.07, 6.45) is 2.68. The van der Waals surface area contributed by atoms with E-state index in [1.165, 1.54) is 0 Å². The SMILES string of the molecule is CCCC[C@@]1(C)NC(=O)NC1=O. The normalized spacial score (nSPS) is 28.5. The summed E-state index contributed by atoms with van der Waals surface area (Å²) in [6.45, 7) is 3.81. The van der Waals surface area contributed by atoms with E-state index >= 15 is 0 Å². The lowest BCUT2D eigenvalue weighted by atomic mass is 9.95. The molecule has 0 spiro atoms. The maximum Gasteiger partial charge on any atom is 0.322 e. The number of carbonyl (C=O) groups is 2. The highest BCUT2D eigenvalue weighted by Crippen LogP contribution is 2.17. The van der Waals surface area contributed by atoms with Crippen molar-refractivity contribution in [3.63, 3.8) is 0 Å². The van der Waals surface area contributed by atoms with Crippen LogP contribution in [0.3, 0.4) is 0 Å². The predicted molar refractivity (Wildman–Crippen MR) is 44.6 cm³/mol. The zero-order valence-corrected chi connectivity index (χ0v) is 7.44. The minimum atomic E-state index is -0.674. The van der Waals surface area contributed by atoms with Gasteiger partial charge in [0.1, 0.15) is 5.54 Å². The summed E-state index contributed by atoms with van der Waals surface area (Å²) in [4.78, 5) is 22.0. The lowest BCUT2D eigenvalue weighted by Gasteiger charge is -2.19. The van der Waals surface area contributed by atoms with Crippen LogP contribution < -0.4 is 10.6 Å². The van der Waals surface area contributed by atoms with Gasteiger partial charge in [-0.3, -0.25) is 10.1 Å². The Kier molecular flexibility index (Phi) is 2.35. The van der Waals surface area contributed by atoms with Gasteiger partial charge in [0.25, 0.3) is 5.91 Å². The molecule has 0 aromatic heterocycles. The number of hydrogen-bond donors (Lipinski definition) is 2. The van der Waals surface area contributed by atoms with Gasteiger partial charge in [0.15, 0.2) is 0 Å². The lowest BCUT2D eigenvalue weighted by Crippen LogP contribution is -2.43. The summed E-state index contributed by atoms with van der Waals surface area (Å²) in [7, 11) is 0. The van der Waals surface area contributed by atoms with Crippen LogP contribution in [0.4, 0.5) is 4.79 Å². The van der Waals surface area contributed by atoms with Crippen LogP contribution in [-0.4, -0.2) is 17.5 Å². The number of imide groups is 1. The Balaban J connectivity index is 2.58. The molecule has 1 aliphatic heterocycles. The molecule has 1 heterocycles. The van der Waals surface area contributed by atoms with Gasteiger partial charge in [0, 0.05) is 0 Å². The first-order valence-electron chi connectivity index (χ1n) is 4.22. The summed E-state index contributed by atoms with van der Waals surface area (Å²) in [5.41, 5.74) is -0.674. The monoisotopic (exact) mass is 170 g/mol. The molecule has 3 amide bonds. The highest BCUT2D eigenvalue weighted by molar-refractivity contribution is 6.06. The van der Waals surface area contributed by atoms with E-state index in [4.69, 9.17) is 0 Å². The Morgan fingerprint density at radius 3 is 2.50 bits per heavy atom. The molecule has 1 rings (SSSR count). The van der Waals surface area contributed by atoms with Crippen LogP contribution in [0.5, 0.6) is 0 Å². The summed E-state index contributed by atoms with van der Waals surface area (Å²) < 4.78 is 0. The van der Waals surface area contributed by atoms with E-state index in [1.807, 2.05) is 0 Å². The fourth-order valence-corrected chi connectivity index (χ4v) is 1.29. The van der Waals surface area contributed by atoms with Crippen LogP contribution in [0.15, 0.2) is 0 Å². The first-order chi connectivity index (χ1) is 5.58. The molecule has 1 saturated heterocycles. The molecule has 2 N–H and O–H groups in total. The van der Waals surface area contributed by atoms with Gasteiger partial charge in [0.05, 0.1) is 0 Å². The third-order valence-corrected chi connectivity index (χ3v) is 2.15. The Bertz CT molecular complexity index is 215. The van der Waals surface area contributed by atoms with Gasteiger partial charge in [-0.1, -0.05) is 19.8 Å². The van der Waals surface area contributed by atoms with E-state index < -0.39 is 5.54 Å². The molecular formula is C8H14N2O2. The van der Waals surface area contributed by atoms with E-state index in [-0.39, 0.29) is 11.9 Å². The zero-order valence-electron chi connectivity index (χ0n) is 7.44. The standard InChI is InChI=1S/C8H14N2O2/c1-3-4-5-8(2)6(11)9-7(12)10-8/h3-5H2,1-2H3,(H2,9,10,11,12)/t8-/m1/s1. The fourth-order valence-electron chi connectivity index (χ4n) is 1.29.